The molecule has 168 valence electrons. The van der Waals surface area contributed by atoms with Gasteiger partial charge >= 0.3 is 6.03 Å². The lowest BCUT2D eigenvalue weighted by Gasteiger charge is -2.39. The van der Waals surface area contributed by atoms with Crippen LogP contribution in [0.4, 0.5) is 15.6 Å². The Morgan fingerprint density at radius 3 is 2.62 bits per heavy atom. The summed E-state index contributed by atoms with van der Waals surface area (Å²) in [5.41, 5.74) is 1.83. The topological polar surface area (TPSA) is 79.8 Å². The van der Waals surface area contributed by atoms with Gasteiger partial charge in [-0.05, 0) is 36.8 Å². The minimum atomic E-state index is -0.110. The highest BCUT2D eigenvalue weighted by atomic mass is 32.1. The summed E-state index contributed by atoms with van der Waals surface area (Å²) in [6, 6.07) is 15.2. The summed E-state index contributed by atoms with van der Waals surface area (Å²) in [6.45, 7) is 4.08. The van der Waals surface area contributed by atoms with E-state index in [9.17, 15) is 4.79 Å². The van der Waals surface area contributed by atoms with Crippen molar-refractivity contribution >= 4 is 28.4 Å². The van der Waals surface area contributed by atoms with Gasteiger partial charge < -0.3 is 24.6 Å². The quantitative estimate of drug-likeness (QED) is 0.610. The van der Waals surface area contributed by atoms with Crippen LogP contribution >= 0.6 is 11.5 Å². The predicted octanol–water partition coefficient (Wildman–Crippen LogP) is 3.89. The van der Waals surface area contributed by atoms with Gasteiger partial charge in [0, 0.05) is 55.4 Å². The fourth-order valence-electron chi connectivity index (χ4n) is 3.74. The van der Waals surface area contributed by atoms with E-state index >= 15 is 0 Å². The van der Waals surface area contributed by atoms with Gasteiger partial charge in [0.1, 0.15) is 17.3 Å². The van der Waals surface area contributed by atoms with E-state index in [1.54, 1.807) is 14.2 Å². The summed E-state index contributed by atoms with van der Waals surface area (Å²) < 4.78 is 15.1. The zero-order valence-electron chi connectivity index (χ0n) is 18.4. The lowest BCUT2D eigenvalue weighted by Crippen LogP contribution is -2.55. The maximum atomic E-state index is 12.8. The molecule has 1 atom stereocenters. The number of aromatic nitrogens is 2. The molecule has 9 heteroatoms. The molecule has 2 heterocycles. The van der Waals surface area contributed by atoms with Crippen LogP contribution in [-0.2, 0) is 6.42 Å². The third-order valence-electron chi connectivity index (χ3n) is 5.43. The van der Waals surface area contributed by atoms with Crippen molar-refractivity contribution in [1.29, 1.82) is 0 Å². The van der Waals surface area contributed by atoms with Gasteiger partial charge in [0.15, 0.2) is 0 Å². The lowest BCUT2D eigenvalue weighted by molar-refractivity contribution is 0.185. The Bertz CT molecular complexity index is 1070. The first-order valence-electron chi connectivity index (χ1n) is 10.5. The van der Waals surface area contributed by atoms with Crippen LogP contribution in [0.2, 0.25) is 0 Å². The van der Waals surface area contributed by atoms with E-state index in [2.05, 4.69) is 21.5 Å². The van der Waals surface area contributed by atoms with Crippen LogP contribution in [0.3, 0.4) is 0 Å². The second-order valence-corrected chi connectivity index (χ2v) is 8.40. The van der Waals surface area contributed by atoms with Crippen LogP contribution < -0.4 is 19.7 Å². The minimum Gasteiger partial charge on any atom is -0.497 e. The highest BCUT2D eigenvalue weighted by Gasteiger charge is 2.29. The highest BCUT2D eigenvalue weighted by Crippen LogP contribution is 2.24. The summed E-state index contributed by atoms with van der Waals surface area (Å²) in [6.07, 6.45) is 0.659. The number of amides is 2. The average Bonchev–Trinajstić information content (AvgIpc) is 3.27. The van der Waals surface area contributed by atoms with Crippen molar-refractivity contribution < 1.29 is 14.3 Å². The van der Waals surface area contributed by atoms with Crippen LogP contribution in [0.5, 0.6) is 11.5 Å². The number of carbonyl (C=O) groups excluding carboxylic acids is 1. The first-order chi connectivity index (χ1) is 15.6. The van der Waals surface area contributed by atoms with Crippen molar-refractivity contribution in [2.75, 3.05) is 44.1 Å². The zero-order valence-corrected chi connectivity index (χ0v) is 19.3. The van der Waals surface area contributed by atoms with Gasteiger partial charge in [0.05, 0.1) is 14.2 Å². The number of hydrogen-bond donors (Lipinski definition) is 1. The number of hydrogen-bond acceptors (Lipinski definition) is 7. The Labute approximate surface area is 192 Å². The van der Waals surface area contributed by atoms with E-state index in [0.29, 0.717) is 31.8 Å². The number of piperazine rings is 1. The minimum absolute atomic E-state index is 0.0418. The van der Waals surface area contributed by atoms with Gasteiger partial charge in [-0.3, -0.25) is 0 Å². The monoisotopic (exact) mass is 453 g/mol. The fourth-order valence-corrected chi connectivity index (χ4v) is 4.46. The molecule has 1 aliphatic heterocycles. The third kappa shape index (κ3) is 5.11. The Balaban J connectivity index is 1.35. The number of benzene rings is 2. The van der Waals surface area contributed by atoms with Crippen LogP contribution in [-0.4, -0.2) is 60.2 Å². The summed E-state index contributed by atoms with van der Waals surface area (Å²) in [7, 11) is 3.27. The molecule has 0 radical (unpaired) electrons. The molecule has 1 unspecified atom stereocenters. The van der Waals surface area contributed by atoms with E-state index in [1.807, 2.05) is 53.4 Å². The number of urea groups is 1. The number of carbonyl (C=O) groups is 1. The molecule has 1 saturated heterocycles. The first kappa shape index (κ1) is 21.9. The maximum Gasteiger partial charge on any atom is 0.322 e. The second-order valence-electron chi connectivity index (χ2n) is 7.67. The van der Waals surface area contributed by atoms with Gasteiger partial charge in [-0.2, -0.15) is 4.37 Å². The number of ether oxygens (including phenoxy) is 2. The Morgan fingerprint density at radius 2 is 1.88 bits per heavy atom. The van der Waals surface area contributed by atoms with Gasteiger partial charge in [-0.15, -0.1) is 0 Å². The number of nitrogens with zero attached hydrogens (tertiary/aromatic N) is 4. The van der Waals surface area contributed by atoms with Crippen molar-refractivity contribution in [1.82, 2.24) is 14.3 Å². The van der Waals surface area contributed by atoms with Crippen LogP contribution in [0.1, 0.15) is 18.3 Å². The van der Waals surface area contributed by atoms with Crippen LogP contribution in [0, 0.1) is 0 Å². The van der Waals surface area contributed by atoms with Gasteiger partial charge in [0.2, 0.25) is 5.13 Å². The van der Waals surface area contributed by atoms with Gasteiger partial charge in [-0.25, -0.2) is 9.78 Å². The maximum absolute atomic E-state index is 12.8. The van der Waals surface area contributed by atoms with Crippen molar-refractivity contribution in [2.24, 2.45) is 0 Å². The van der Waals surface area contributed by atoms with Crippen LogP contribution in [0.15, 0.2) is 48.5 Å². The normalized spacial score (nSPS) is 16.0. The molecule has 32 heavy (non-hydrogen) atoms. The molecule has 0 aliphatic carbocycles. The molecule has 1 N–H and O–H groups in total. The molecule has 2 amide bonds. The van der Waals surface area contributed by atoms with Crippen molar-refractivity contribution in [3.8, 4) is 11.5 Å². The summed E-state index contributed by atoms with van der Waals surface area (Å²) in [4.78, 5) is 21.6. The SMILES string of the molecule is COc1cccc(Cc2nsc(N3CCN(C(=O)Nc4cccc(OC)c4)C(C)C3)n2)c1. The van der Waals surface area contributed by atoms with E-state index < -0.39 is 0 Å². The molecule has 2 aromatic carbocycles. The first-order valence-corrected chi connectivity index (χ1v) is 11.2. The average molecular weight is 454 g/mol. The van der Waals surface area contributed by atoms with E-state index in [1.165, 1.54) is 11.5 Å². The fraction of sp³-hybridized carbons (Fsp3) is 0.348. The molecule has 3 aromatic rings. The Morgan fingerprint density at radius 1 is 1.12 bits per heavy atom. The van der Waals surface area contributed by atoms with E-state index in [-0.39, 0.29) is 12.1 Å². The standard InChI is InChI=1S/C23H27N5O3S/c1-16-15-27(10-11-28(16)22(29)24-18-7-5-9-20(14-18)31-3)23-25-21(26-32-23)13-17-6-4-8-19(12-17)30-2/h4-9,12,14,16H,10-11,13,15H2,1-3H3,(H,24,29). The molecule has 8 nitrogen and oxygen atoms in total. The summed E-state index contributed by atoms with van der Waals surface area (Å²) >= 11 is 1.40. The summed E-state index contributed by atoms with van der Waals surface area (Å²) in [5, 5.41) is 3.86. The van der Waals surface area contributed by atoms with Gasteiger partial charge in [0.25, 0.3) is 0 Å². The van der Waals surface area contributed by atoms with Crippen molar-refractivity contribution in [3.05, 3.63) is 59.9 Å². The van der Waals surface area contributed by atoms with Crippen LogP contribution in [0.25, 0.3) is 0 Å². The number of anilines is 2. The molecular weight excluding hydrogens is 426 g/mol. The molecule has 0 spiro atoms. The molecule has 0 saturated carbocycles. The van der Waals surface area contributed by atoms with Crippen molar-refractivity contribution in [3.63, 3.8) is 0 Å². The Kier molecular flexibility index (Phi) is 6.75. The molecule has 1 aliphatic rings. The zero-order chi connectivity index (χ0) is 22.5. The second kappa shape index (κ2) is 9.86. The van der Waals surface area contributed by atoms with Crippen molar-refractivity contribution in [2.45, 2.75) is 19.4 Å². The number of methoxy groups -OCH3 is 2. The summed E-state index contributed by atoms with van der Waals surface area (Å²) in [5.74, 6) is 2.33. The number of rotatable bonds is 6. The third-order valence-corrected chi connectivity index (χ3v) is 6.25. The molecule has 0 bridgehead atoms. The molecular formula is C23H27N5O3S. The Hall–Kier alpha value is -3.33. The van der Waals surface area contributed by atoms with E-state index in [0.717, 1.165) is 28.0 Å². The van der Waals surface area contributed by atoms with Gasteiger partial charge in [-0.1, -0.05) is 18.2 Å². The highest BCUT2D eigenvalue weighted by molar-refractivity contribution is 7.09. The largest absolute Gasteiger partial charge is 0.497 e. The smallest absolute Gasteiger partial charge is 0.322 e. The molecule has 1 aromatic heterocycles. The lowest BCUT2D eigenvalue weighted by atomic mass is 10.1. The number of nitrogens with one attached hydrogen (secondary N) is 1. The predicted molar refractivity (Wildman–Crippen MR) is 126 cm³/mol. The molecule has 1 fully saturated rings. The van der Waals surface area contributed by atoms with E-state index in [4.69, 9.17) is 14.5 Å². The molecule has 4 rings (SSSR count).